The number of hydrogen-bond donors (Lipinski definition) is 0. The fourth-order valence-electron chi connectivity index (χ4n) is 3.99. The average molecular weight is 479 g/mol. The van der Waals surface area contributed by atoms with Gasteiger partial charge in [0.2, 0.25) is 0 Å². The summed E-state index contributed by atoms with van der Waals surface area (Å²) in [4.78, 5) is 15.4. The van der Waals surface area contributed by atoms with Gasteiger partial charge in [0.05, 0.1) is 18.2 Å². The predicted molar refractivity (Wildman–Crippen MR) is 128 cm³/mol. The monoisotopic (exact) mass is 479 g/mol. The SMILES string of the molecule is COC(=O)CCc1ccc(COc2cccc(-c3c(C)cnc4c(C(F)(F)F)cccc34)c2)cc1. The summed E-state index contributed by atoms with van der Waals surface area (Å²) >= 11 is 0. The molecule has 4 nitrogen and oxygen atoms in total. The molecule has 1 aromatic heterocycles. The molecular weight excluding hydrogens is 455 g/mol. The molecular formula is C28H24F3NO3. The number of aryl methyl sites for hydroxylation is 2. The lowest BCUT2D eigenvalue weighted by atomic mass is 9.95. The van der Waals surface area contributed by atoms with Crippen LogP contribution in [0, 0.1) is 6.92 Å². The van der Waals surface area contributed by atoms with E-state index in [-0.39, 0.29) is 11.5 Å². The molecule has 0 aliphatic heterocycles. The molecule has 0 amide bonds. The molecule has 0 saturated heterocycles. The number of carbonyl (C=O) groups excluding carboxylic acids is 1. The van der Waals surface area contributed by atoms with E-state index in [4.69, 9.17) is 4.74 Å². The highest BCUT2D eigenvalue weighted by Gasteiger charge is 2.33. The number of para-hydroxylation sites is 1. The van der Waals surface area contributed by atoms with Crippen molar-refractivity contribution in [3.63, 3.8) is 0 Å². The average Bonchev–Trinajstić information content (AvgIpc) is 2.85. The molecule has 0 aliphatic rings. The van der Waals surface area contributed by atoms with Crippen molar-refractivity contribution in [2.45, 2.75) is 32.5 Å². The first-order chi connectivity index (χ1) is 16.8. The van der Waals surface area contributed by atoms with Gasteiger partial charge in [-0.2, -0.15) is 13.2 Å². The van der Waals surface area contributed by atoms with Gasteiger partial charge in [-0.3, -0.25) is 9.78 Å². The Morgan fingerprint density at radius 1 is 0.971 bits per heavy atom. The van der Waals surface area contributed by atoms with Gasteiger partial charge in [-0.05, 0) is 59.4 Å². The van der Waals surface area contributed by atoms with E-state index in [0.717, 1.165) is 28.3 Å². The molecule has 35 heavy (non-hydrogen) atoms. The van der Waals surface area contributed by atoms with Crippen LogP contribution in [0.4, 0.5) is 13.2 Å². The molecule has 0 spiro atoms. The van der Waals surface area contributed by atoms with Gasteiger partial charge in [-0.1, -0.05) is 48.5 Å². The van der Waals surface area contributed by atoms with Gasteiger partial charge in [0.25, 0.3) is 0 Å². The molecule has 0 atom stereocenters. The third-order valence-corrected chi connectivity index (χ3v) is 5.79. The van der Waals surface area contributed by atoms with E-state index in [1.54, 1.807) is 6.07 Å². The molecule has 0 bridgehead atoms. The summed E-state index contributed by atoms with van der Waals surface area (Å²) in [5, 5.41) is 0.444. The zero-order valence-corrected chi connectivity index (χ0v) is 19.4. The van der Waals surface area contributed by atoms with Crippen LogP contribution in [0.3, 0.4) is 0 Å². The fourth-order valence-corrected chi connectivity index (χ4v) is 3.99. The lowest BCUT2D eigenvalue weighted by Gasteiger charge is -2.15. The first-order valence-electron chi connectivity index (χ1n) is 11.1. The van der Waals surface area contributed by atoms with Gasteiger partial charge in [-0.15, -0.1) is 0 Å². The van der Waals surface area contributed by atoms with Crippen molar-refractivity contribution in [2.24, 2.45) is 0 Å². The lowest BCUT2D eigenvalue weighted by molar-refractivity contribution is -0.140. The Kier molecular flexibility index (Phi) is 7.05. The van der Waals surface area contributed by atoms with Crippen LogP contribution in [-0.2, 0) is 28.7 Å². The molecule has 7 heteroatoms. The number of pyridine rings is 1. The van der Waals surface area contributed by atoms with Crippen molar-refractivity contribution in [3.05, 3.63) is 95.2 Å². The van der Waals surface area contributed by atoms with Crippen LogP contribution in [0.25, 0.3) is 22.0 Å². The van der Waals surface area contributed by atoms with Crippen molar-refractivity contribution in [2.75, 3.05) is 7.11 Å². The summed E-state index contributed by atoms with van der Waals surface area (Å²) in [7, 11) is 1.37. The molecule has 180 valence electrons. The second-order valence-electron chi connectivity index (χ2n) is 8.22. The molecule has 0 fully saturated rings. The molecule has 4 aromatic rings. The van der Waals surface area contributed by atoms with E-state index < -0.39 is 11.7 Å². The highest BCUT2D eigenvalue weighted by atomic mass is 19.4. The predicted octanol–water partition coefficient (Wildman–Crippen LogP) is 6.91. The number of benzene rings is 3. The normalized spacial score (nSPS) is 11.5. The molecule has 0 aliphatic carbocycles. The van der Waals surface area contributed by atoms with Crippen molar-refractivity contribution in [1.82, 2.24) is 4.98 Å². The number of halogens is 3. The summed E-state index contributed by atoms with van der Waals surface area (Å²) in [6.45, 7) is 2.16. The van der Waals surface area contributed by atoms with Gasteiger partial charge in [0.1, 0.15) is 12.4 Å². The number of carbonyl (C=O) groups is 1. The van der Waals surface area contributed by atoms with Crippen molar-refractivity contribution >= 4 is 16.9 Å². The van der Waals surface area contributed by atoms with E-state index >= 15 is 0 Å². The van der Waals surface area contributed by atoms with Crippen molar-refractivity contribution in [3.8, 4) is 16.9 Å². The van der Waals surface area contributed by atoms with Gasteiger partial charge >= 0.3 is 12.1 Å². The van der Waals surface area contributed by atoms with Gasteiger partial charge in [0.15, 0.2) is 0 Å². The minimum Gasteiger partial charge on any atom is -0.489 e. The number of alkyl halides is 3. The minimum absolute atomic E-state index is 0.0702. The Hall–Kier alpha value is -3.87. The highest BCUT2D eigenvalue weighted by Crippen LogP contribution is 2.38. The second-order valence-corrected chi connectivity index (χ2v) is 8.22. The first kappa shape index (κ1) is 24.3. The number of methoxy groups -OCH3 is 1. The third kappa shape index (κ3) is 5.62. The standard InChI is InChI=1S/C28H24F3NO3/c1-18-16-32-27-23(7-4-8-24(27)28(29,30)31)26(18)21-5-3-6-22(15-21)35-17-20-11-9-19(10-12-20)13-14-25(33)34-2/h3-12,15-16H,13-14,17H2,1-2H3. The number of aromatic nitrogens is 1. The summed E-state index contributed by atoms with van der Waals surface area (Å²) in [5.41, 5.74) is 3.39. The largest absolute Gasteiger partial charge is 0.489 e. The Morgan fingerprint density at radius 2 is 1.69 bits per heavy atom. The number of hydrogen-bond acceptors (Lipinski definition) is 4. The van der Waals surface area contributed by atoms with Gasteiger partial charge in [-0.25, -0.2) is 0 Å². The zero-order valence-electron chi connectivity index (χ0n) is 19.4. The Balaban J connectivity index is 1.55. The highest BCUT2D eigenvalue weighted by molar-refractivity contribution is 5.97. The zero-order chi connectivity index (χ0) is 25.0. The van der Waals surface area contributed by atoms with Crippen LogP contribution >= 0.6 is 0 Å². The molecule has 3 aromatic carbocycles. The van der Waals surface area contributed by atoms with Crippen LogP contribution < -0.4 is 4.74 Å². The smallest absolute Gasteiger partial charge is 0.418 e. The van der Waals surface area contributed by atoms with E-state index in [1.807, 2.05) is 55.5 Å². The fraction of sp³-hybridized carbons (Fsp3) is 0.214. The van der Waals surface area contributed by atoms with Crippen molar-refractivity contribution < 1.29 is 27.4 Å². The van der Waals surface area contributed by atoms with E-state index in [9.17, 15) is 18.0 Å². The Morgan fingerprint density at radius 3 is 2.40 bits per heavy atom. The number of fused-ring (bicyclic) bond motifs is 1. The quantitative estimate of drug-likeness (QED) is 0.270. The second kappa shape index (κ2) is 10.2. The van der Waals surface area contributed by atoms with Crippen LogP contribution in [-0.4, -0.2) is 18.1 Å². The van der Waals surface area contributed by atoms with Gasteiger partial charge in [0, 0.05) is 18.0 Å². The summed E-state index contributed by atoms with van der Waals surface area (Å²) in [5.74, 6) is 0.359. The van der Waals surface area contributed by atoms with Crippen LogP contribution in [0.5, 0.6) is 5.75 Å². The molecule has 0 saturated carbocycles. The first-order valence-corrected chi connectivity index (χ1v) is 11.1. The number of esters is 1. The maximum Gasteiger partial charge on any atom is 0.418 e. The maximum atomic E-state index is 13.5. The molecule has 0 N–H and O–H groups in total. The minimum atomic E-state index is -4.49. The van der Waals surface area contributed by atoms with E-state index in [0.29, 0.717) is 36.1 Å². The summed E-state index contributed by atoms with van der Waals surface area (Å²) in [6.07, 6.45) is -2.08. The lowest BCUT2D eigenvalue weighted by Crippen LogP contribution is -2.07. The summed E-state index contributed by atoms with van der Waals surface area (Å²) < 4.78 is 51.2. The van der Waals surface area contributed by atoms with E-state index in [2.05, 4.69) is 9.72 Å². The molecule has 0 unspecified atom stereocenters. The number of nitrogens with zero attached hydrogens (tertiary/aromatic N) is 1. The molecule has 1 heterocycles. The number of rotatable bonds is 7. The van der Waals surface area contributed by atoms with Crippen LogP contribution in [0.2, 0.25) is 0 Å². The van der Waals surface area contributed by atoms with Crippen LogP contribution in [0.15, 0.2) is 72.9 Å². The third-order valence-electron chi connectivity index (χ3n) is 5.79. The Bertz CT molecular complexity index is 1350. The van der Waals surface area contributed by atoms with Crippen LogP contribution in [0.1, 0.15) is 28.7 Å². The summed E-state index contributed by atoms with van der Waals surface area (Å²) in [6, 6.07) is 19.2. The topological polar surface area (TPSA) is 48.4 Å². The van der Waals surface area contributed by atoms with Crippen molar-refractivity contribution in [1.29, 1.82) is 0 Å². The number of ether oxygens (including phenoxy) is 2. The molecule has 0 radical (unpaired) electrons. The van der Waals surface area contributed by atoms with Gasteiger partial charge < -0.3 is 9.47 Å². The van der Waals surface area contributed by atoms with E-state index in [1.165, 1.54) is 19.4 Å². The maximum absolute atomic E-state index is 13.5. The molecule has 4 rings (SSSR count). The Labute approximate surface area is 201 Å².